The summed E-state index contributed by atoms with van der Waals surface area (Å²) in [6, 6.07) is 1.32. The zero-order valence-corrected chi connectivity index (χ0v) is 18.3. The highest BCUT2D eigenvalue weighted by Gasteiger charge is 2.21. The van der Waals surface area contributed by atoms with Crippen LogP contribution in [0.15, 0.2) is 50.9 Å². The van der Waals surface area contributed by atoms with Gasteiger partial charge in [-0.15, -0.1) is 0 Å². The molecule has 0 aromatic carbocycles. The molecule has 0 saturated carbocycles. The number of alkyl carbamates (subject to hydrolysis) is 1. The molecule has 0 radical (unpaired) electrons. The van der Waals surface area contributed by atoms with Crippen molar-refractivity contribution in [2.24, 2.45) is 0 Å². The minimum atomic E-state index is -0.855. The molecule has 1 amide bonds. The molecule has 0 fully saturated rings. The van der Waals surface area contributed by atoms with Crippen molar-refractivity contribution in [2.75, 3.05) is 7.11 Å². The second-order valence-corrected chi connectivity index (χ2v) is 7.15. The number of amides is 1. The number of hydrogen-bond acceptors (Lipinski definition) is 6. The number of carbonyl (C=O) groups is 2. The zero-order chi connectivity index (χ0) is 22.7. The molecule has 7 nitrogen and oxygen atoms in total. The van der Waals surface area contributed by atoms with E-state index in [0.29, 0.717) is 24.2 Å². The van der Waals surface area contributed by atoms with Crippen LogP contribution in [0.2, 0.25) is 0 Å². The molecule has 0 aliphatic carbocycles. The molecule has 1 aromatic heterocycles. The van der Waals surface area contributed by atoms with Gasteiger partial charge in [-0.2, -0.15) is 0 Å². The highest BCUT2D eigenvalue weighted by Crippen LogP contribution is 2.26. The SMILES string of the molecule is CCCC(C)=CC=C(C)C(=O)c1c(O)cc([C@H](C)CCC=CNC(=O)OC)oc1=O. The fourth-order valence-corrected chi connectivity index (χ4v) is 2.73. The number of hydrogen-bond donors (Lipinski definition) is 2. The Hall–Kier alpha value is -3.09. The summed E-state index contributed by atoms with van der Waals surface area (Å²) in [5, 5.41) is 12.7. The summed E-state index contributed by atoms with van der Waals surface area (Å²) in [7, 11) is 1.27. The first-order valence-electron chi connectivity index (χ1n) is 9.96. The standard InChI is InChI=1S/C23H31NO6/c1-6-9-15(2)11-12-17(4)21(26)20-18(25)14-19(30-22(20)27)16(3)10-7-8-13-24-23(28)29-5/h8,11-14,16,25H,6-7,9-10H2,1-5H3,(H,24,28)/t16-/m1/s1. The summed E-state index contributed by atoms with van der Waals surface area (Å²) < 4.78 is 9.75. The van der Waals surface area contributed by atoms with Crippen LogP contribution in [0.5, 0.6) is 5.75 Å². The first kappa shape index (κ1) is 24.9. The second-order valence-electron chi connectivity index (χ2n) is 7.15. The van der Waals surface area contributed by atoms with Gasteiger partial charge in [0.05, 0.1) is 7.11 Å². The quantitative estimate of drug-likeness (QED) is 0.316. The van der Waals surface area contributed by atoms with E-state index in [1.807, 2.05) is 19.9 Å². The number of allylic oxidation sites excluding steroid dienone is 5. The van der Waals surface area contributed by atoms with Gasteiger partial charge >= 0.3 is 11.7 Å². The lowest BCUT2D eigenvalue weighted by Crippen LogP contribution is -2.16. The van der Waals surface area contributed by atoms with Crippen molar-refractivity contribution >= 4 is 11.9 Å². The number of nitrogens with one attached hydrogen (secondary N) is 1. The Bertz CT molecular complexity index is 891. The highest BCUT2D eigenvalue weighted by molar-refractivity contribution is 6.09. The van der Waals surface area contributed by atoms with Gasteiger partial charge in [-0.1, -0.05) is 44.1 Å². The van der Waals surface area contributed by atoms with Crippen LogP contribution in [0.25, 0.3) is 0 Å². The third-order valence-corrected chi connectivity index (χ3v) is 4.55. The predicted octanol–water partition coefficient (Wildman–Crippen LogP) is 4.97. The third-order valence-electron chi connectivity index (χ3n) is 4.55. The molecule has 2 N–H and O–H groups in total. The van der Waals surface area contributed by atoms with Crippen molar-refractivity contribution in [3.8, 4) is 5.75 Å². The average Bonchev–Trinajstić information content (AvgIpc) is 2.70. The number of ketones is 1. The van der Waals surface area contributed by atoms with Crippen molar-refractivity contribution in [1.82, 2.24) is 5.32 Å². The van der Waals surface area contributed by atoms with Crippen molar-refractivity contribution in [2.45, 2.75) is 59.3 Å². The Morgan fingerprint density at radius 1 is 1.30 bits per heavy atom. The fraction of sp³-hybridized carbons (Fsp3) is 0.435. The van der Waals surface area contributed by atoms with E-state index in [4.69, 9.17) is 4.42 Å². The summed E-state index contributed by atoms with van der Waals surface area (Å²) in [6.45, 7) is 7.48. The average molecular weight is 418 g/mol. The number of carbonyl (C=O) groups excluding carboxylic acids is 2. The lowest BCUT2D eigenvalue weighted by Gasteiger charge is -2.11. The van der Waals surface area contributed by atoms with Gasteiger partial charge in [0.15, 0.2) is 5.78 Å². The van der Waals surface area contributed by atoms with E-state index in [1.165, 1.54) is 19.4 Å². The molecule has 30 heavy (non-hydrogen) atoms. The number of rotatable bonds is 10. The number of aromatic hydroxyl groups is 1. The van der Waals surface area contributed by atoms with E-state index in [-0.39, 0.29) is 17.2 Å². The van der Waals surface area contributed by atoms with Gasteiger partial charge in [-0.3, -0.25) is 10.1 Å². The zero-order valence-electron chi connectivity index (χ0n) is 18.3. The maximum Gasteiger partial charge on any atom is 0.410 e. The van der Waals surface area contributed by atoms with Gasteiger partial charge in [0.2, 0.25) is 0 Å². The maximum absolute atomic E-state index is 12.6. The third kappa shape index (κ3) is 7.73. The maximum atomic E-state index is 12.6. The molecule has 7 heteroatoms. The van der Waals surface area contributed by atoms with Crippen LogP contribution < -0.4 is 10.9 Å². The van der Waals surface area contributed by atoms with Crippen molar-refractivity contribution < 1.29 is 23.8 Å². The van der Waals surface area contributed by atoms with Gasteiger partial charge in [0.25, 0.3) is 0 Å². The highest BCUT2D eigenvalue weighted by atomic mass is 16.5. The summed E-state index contributed by atoms with van der Waals surface area (Å²) >= 11 is 0. The molecule has 0 aliphatic heterocycles. The largest absolute Gasteiger partial charge is 0.507 e. The lowest BCUT2D eigenvalue weighted by molar-refractivity contribution is 0.102. The molecular formula is C23H31NO6. The molecule has 1 heterocycles. The minimum Gasteiger partial charge on any atom is -0.507 e. The van der Waals surface area contributed by atoms with E-state index in [9.17, 15) is 19.5 Å². The second kappa shape index (κ2) is 12.5. The molecule has 0 aliphatic rings. The summed E-state index contributed by atoms with van der Waals surface area (Å²) in [6.07, 6.45) is 9.28. The van der Waals surface area contributed by atoms with Crippen molar-refractivity contribution in [3.05, 3.63) is 63.4 Å². The molecule has 164 valence electrons. The summed E-state index contributed by atoms with van der Waals surface area (Å²) in [4.78, 5) is 35.9. The van der Waals surface area contributed by atoms with Gasteiger partial charge in [0.1, 0.15) is 17.1 Å². The molecule has 1 atom stereocenters. The minimum absolute atomic E-state index is 0.174. The van der Waals surface area contributed by atoms with E-state index in [1.54, 1.807) is 19.1 Å². The van der Waals surface area contributed by atoms with Crippen LogP contribution in [-0.4, -0.2) is 24.1 Å². The molecule has 0 unspecified atom stereocenters. The van der Waals surface area contributed by atoms with Crippen LogP contribution in [0.4, 0.5) is 4.79 Å². The first-order chi connectivity index (χ1) is 14.2. The molecule has 0 spiro atoms. The van der Waals surface area contributed by atoms with Crippen LogP contribution in [-0.2, 0) is 4.74 Å². The van der Waals surface area contributed by atoms with Crippen molar-refractivity contribution in [1.29, 1.82) is 0 Å². The van der Waals surface area contributed by atoms with E-state index >= 15 is 0 Å². The first-order valence-corrected chi connectivity index (χ1v) is 9.96. The Morgan fingerprint density at radius 3 is 2.60 bits per heavy atom. The smallest absolute Gasteiger partial charge is 0.410 e. The topological polar surface area (TPSA) is 106 Å². The van der Waals surface area contributed by atoms with E-state index in [0.717, 1.165) is 18.4 Å². The van der Waals surface area contributed by atoms with Gasteiger partial charge < -0.3 is 14.3 Å². The van der Waals surface area contributed by atoms with Crippen LogP contribution in [0, 0.1) is 0 Å². The van der Waals surface area contributed by atoms with Crippen molar-refractivity contribution in [3.63, 3.8) is 0 Å². The van der Waals surface area contributed by atoms with Crippen LogP contribution >= 0.6 is 0 Å². The van der Waals surface area contributed by atoms with Crippen LogP contribution in [0.1, 0.15) is 75.4 Å². The Kier molecular flexibility index (Phi) is 10.4. The van der Waals surface area contributed by atoms with Gasteiger partial charge in [-0.05, 0) is 38.7 Å². The Balaban J connectivity index is 2.89. The molecule has 0 bridgehead atoms. The Labute approximate surface area is 177 Å². The lowest BCUT2D eigenvalue weighted by atomic mass is 9.99. The van der Waals surface area contributed by atoms with Gasteiger partial charge in [0, 0.05) is 18.2 Å². The predicted molar refractivity (Wildman–Crippen MR) is 116 cm³/mol. The molecular weight excluding hydrogens is 386 g/mol. The number of ether oxygens (including phenoxy) is 1. The fourth-order valence-electron chi connectivity index (χ4n) is 2.73. The molecule has 0 saturated heterocycles. The van der Waals surface area contributed by atoms with E-state index < -0.39 is 17.5 Å². The van der Waals surface area contributed by atoms with Crippen LogP contribution in [0.3, 0.4) is 0 Å². The Morgan fingerprint density at radius 2 is 2.00 bits per heavy atom. The monoisotopic (exact) mass is 417 g/mol. The number of methoxy groups -OCH3 is 1. The molecule has 1 aromatic rings. The summed E-state index contributed by atoms with van der Waals surface area (Å²) in [5.74, 6) is -0.823. The van der Waals surface area contributed by atoms with E-state index in [2.05, 4.69) is 17.0 Å². The molecule has 1 rings (SSSR count). The normalized spacial score (nSPS) is 13.4. The number of Topliss-reactive ketones (excluding diaryl/α,β-unsaturated/α-hetero) is 1. The summed E-state index contributed by atoms with van der Waals surface area (Å²) in [5.41, 5.74) is 0.258. The van der Waals surface area contributed by atoms with Gasteiger partial charge in [-0.25, -0.2) is 9.59 Å².